The predicted octanol–water partition coefficient (Wildman–Crippen LogP) is 0.829. The minimum absolute atomic E-state index is 0.137. The van der Waals surface area contributed by atoms with Crippen LogP contribution in [-0.4, -0.2) is 55.0 Å². The van der Waals surface area contributed by atoms with E-state index in [9.17, 15) is 22.7 Å². The van der Waals surface area contributed by atoms with Crippen molar-refractivity contribution in [3.8, 4) is 0 Å². The molecule has 1 aromatic carbocycles. The van der Waals surface area contributed by atoms with Crippen LogP contribution in [0.4, 0.5) is 4.39 Å². The number of hydrogen-bond donors (Lipinski definition) is 3. The van der Waals surface area contributed by atoms with Crippen molar-refractivity contribution < 1.29 is 22.7 Å². The Labute approximate surface area is 159 Å². The molecule has 1 aliphatic rings. The lowest BCUT2D eigenvalue weighted by Crippen LogP contribution is -2.51. The Kier molecular flexibility index (Phi) is 7.32. The van der Waals surface area contributed by atoms with Gasteiger partial charge in [-0.15, -0.1) is 0 Å². The monoisotopic (exact) mass is 401 g/mol. The number of rotatable bonds is 6. The van der Waals surface area contributed by atoms with Crippen LogP contribution in [0.2, 0.25) is 0 Å². The number of halogens is 1. The number of amides is 1. The van der Waals surface area contributed by atoms with Gasteiger partial charge >= 0.3 is 0 Å². The number of aliphatic hydroxyl groups excluding tert-OH is 1. The zero-order chi connectivity index (χ0) is 20.2. The van der Waals surface area contributed by atoms with Crippen LogP contribution in [0.3, 0.4) is 0 Å². The molecule has 27 heavy (non-hydrogen) atoms. The van der Waals surface area contributed by atoms with E-state index in [1.807, 2.05) is 13.8 Å². The van der Waals surface area contributed by atoms with E-state index < -0.39 is 38.9 Å². The van der Waals surface area contributed by atoms with Crippen molar-refractivity contribution in [1.29, 1.82) is 0 Å². The molecule has 0 aliphatic carbocycles. The van der Waals surface area contributed by atoms with Gasteiger partial charge in [-0.2, -0.15) is 4.31 Å². The van der Waals surface area contributed by atoms with Gasteiger partial charge in [0.05, 0.1) is 18.2 Å². The molecule has 2 unspecified atom stereocenters. The summed E-state index contributed by atoms with van der Waals surface area (Å²) in [6, 6.07) is 3.86. The minimum atomic E-state index is -4.07. The summed E-state index contributed by atoms with van der Waals surface area (Å²) in [5.74, 6) is -0.940. The maximum Gasteiger partial charge on any atom is 0.246 e. The van der Waals surface area contributed by atoms with E-state index in [2.05, 4.69) is 5.32 Å². The fourth-order valence-electron chi connectivity index (χ4n) is 3.19. The SMILES string of the molecule is CC(C)C[C@H](N)C(=O)NC1CCCN(S(=O)(=O)c2ccccc2F)CC1O. The van der Waals surface area contributed by atoms with E-state index in [4.69, 9.17) is 5.73 Å². The van der Waals surface area contributed by atoms with Gasteiger partial charge in [0.15, 0.2) is 0 Å². The maximum absolute atomic E-state index is 13.9. The number of sulfonamides is 1. The largest absolute Gasteiger partial charge is 0.390 e. The lowest BCUT2D eigenvalue weighted by molar-refractivity contribution is -0.124. The number of aliphatic hydroxyl groups is 1. The van der Waals surface area contributed by atoms with Gasteiger partial charge in [-0.3, -0.25) is 4.79 Å². The second-order valence-corrected chi connectivity index (χ2v) is 9.26. The van der Waals surface area contributed by atoms with Crippen molar-refractivity contribution in [3.63, 3.8) is 0 Å². The van der Waals surface area contributed by atoms with Gasteiger partial charge in [0, 0.05) is 13.1 Å². The molecule has 152 valence electrons. The van der Waals surface area contributed by atoms with Crippen molar-refractivity contribution in [1.82, 2.24) is 9.62 Å². The average Bonchev–Trinajstić information content (AvgIpc) is 2.77. The molecule has 1 aliphatic heterocycles. The molecule has 1 saturated heterocycles. The molecule has 3 atom stereocenters. The Bertz CT molecular complexity index is 757. The number of nitrogens with two attached hydrogens (primary N) is 1. The van der Waals surface area contributed by atoms with Crippen LogP contribution >= 0.6 is 0 Å². The predicted molar refractivity (Wildman–Crippen MR) is 99.8 cm³/mol. The third kappa shape index (κ3) is 5.47. The van der Waals surface area contributed by atoms with Crippen molar-refractivity contribution in [2.75, 3.05) is 13.1 Å². The van der Waals surface area contributed by atoms with Gasteiger partial charge < -0.3 is 16.2 Å². The van der Waals surface area contributed by atoms with Crippen molar-refractivity contribution in [3.05, 3.63) is 30.1 Å². The Morgan fingerprint density at radius 2 is 2.07 bits per heavy atom. The average molecular weight is 402 g/mol. The molecule has 1 amide bonds. The van der Waals surface area contributed by atoms with Crippen LogP contribution in [0, 0.1) is 11.7 Å². The van der Waals surface area contributed by atoms with Crippen LogP contribution in [-0.2, 0) is 14.8 Å². The van der Waals surface area contributed by atoms with E-state index in [1.165, 1.54) is 18.2 Å². The number of carbonyl (C=O) groups is 1. The number of hydrogen-bond acceptors (Lipinski definition) is 5. The topological polar surface area (TPSA) is 113 Å². The number of carbonyl (C=O) groups excluding carboxylic acids is 1. The lowest BCUT2D eigenvalue weighted by Gasteiger charge is -2.26. The van der Waals surface area contributed by atoms with E-state index in [1.54, 1.807) is 0 Å². The van der Waals surface area contributed by atoms with Crippen LogP contribution in [0.25, 0.3) is 0 Å². The summed E-state index contributed by atoms with van der Waals surface area (Å²) < 4.78 is 40.5. The second kappa shape index (κ2) is 9.09. The number of nitrogens with zero attached hydrogens (tertiary/aromatic N) is 1. The Hall–Kier alpha value is -1.55. The van der Waals surface area contributed by atoms with Crippen molar-refractivity contribution in [2.45, 2.75) is 56.2 Å². The van der Waals surface area contributed by atoms with E-state index in [0.717, 1.165) is 10.4 Å². The van der Waals surface area contributed by atoms with Crippen molar-refractivity contribution >= 4 is 15.9 Å². The maximum atomic E-state index is 13.9. The summed E-state index contributed by atoms with van der Waals surface area (Å²) in [6.45, 7) is 3.83. The van der Waals surface area contributed by atoms with Crippen LogP contribution in [0.1, 0.15) is 33.1 Å². The quantitative estimate of drug-likeness (QED) is 0.654. The number of benzene rings is 1. The molecule has 7 nitrogen and oxygen atoms in total. The highest BCUT2D eigenvalue weighted by Gasteiger charge is 2.34. The highest BCUT2D eigenvalue weighted by atomic mass is 32.2. The van der Waals surface area contributed by atoms with Gasteiger partial charge in [-0.25, -0.2) is 12.8 Å². The summed E-state index contributed by atoms with van der Waals surface area (Å²) in [5.41, 5.74) is 5.87. The molecule has 4 N–H and O–H groups in total. The fourth-order valence-corrected chi connectivity index (χ4v) is 4.75. The lowest BCUT2D eigenvalue weighted by atomic mass is 10.0. The molecule has 9 heteroatoms. The molecular weight excluding hydrogens is 373 g/mol. The first-order valence-corrected chi connectivity index (χ1v) is 10.6. The fraction of sp³-hybridized carbons (Fsp3) is 0.611. The minimum Gasteiger partial charge on any atom is -0.390 e. The molecule has 0 spiro atoms. The van der Waals surface area contributed by atoms with Gasteiger partial charge in [-0.05, 0) is 37.3 Å². The Morgan fingerprint density at radius 1 is 1.41 bits per heavy atom. The number of nitrogens with one attached hydrogen (secondary N) is 1. The Morgan fingerprint density at radius 3 is 2.70 bits per heavy atom. The first-order valence-electron chi connectivity index (χ1n) is 9.11. The van der Waals surface area contributed by atoms with E-state index in [-0.39, 0.29) is 24.9 Å². The first kappa shape index (κ1) is 21.7. The van der Waals surface area contributed by atoms with Gasteiger partial charge in [0.1, 0.15) is 10.7 Å². The van der Waals surface area contributed by atoms with Crippen molar-refractivity contribution in [2.24, 2.45) is 11.7 Å². The first-order chi connectivity index (χ1) is 12.6. The Balaban J connectivity index is 2.08. The standard InChI is InChI=1S/C18H28FN3O4S/c1-12(2)10-14(20)18(24)21-15-7-5-9-22(11-16(15)23)27(25,26)17-8-4-3-6-13(17)19/h3-4,6,8,12,14-16,23H,5,7,9-11,20H2,1-2H3,(H,21,24)/t14-,15?,16?/m0/s1. The molecule has 0 radical (unpaired) electrons. The molecular formula is C18H28FN3O4S. The highest BCUT2D eigenvalue weighted by Crippen LogP contribution is 2.23. The van der Waals surface area contributed by atoms with Crippen LogP contribution in [0.5, 0.6) is 0 Å². The molecule has 0 saturated carbocycles. The number of β-amino-alcohol motifs (C(OH)–C–C–N with tert-alkyl or cyclic N) is 1. The summed E-state index contributed by atoms with van der Waals surface area (Å²) in [7, 11) is -4.07. The summed E-state index contributed by atoms with van der Waals surface area (Å²) in [5, 5.41) is 13.2. The van der Waals surface area contributed by atoms with Crippen LogP contribution in [0.15, 0.2) is 29.2 Å². The summed E-state index contributed by atoms with van der Waals surface area (Å²) in [6.07, 6.45) is 0.242. The molecule has 1 aromatic rings. The zero-order valence-electron chi connectivity index (χ0n) is 15.6. The van der Waals surface area contributed by atoms with E-state index in [0.29, 0.717) is 19.3 Å². The van der Waals surface area contributed by atoms with E-state index >= 15 is 0 Å². The molecule has 2 rings (SSSR count). The summed E-state index contributed by atoms with van der Waals surface area (Å²) >= 11 is 0. The molecule has 1 heterocycles. The van der Waals surface area contributed by atoms with Gasteiger partial charge in [0.2, 0.25) is 15.9 Å². The second-order valence-electron chi connectivity index (χ2n) is 7.35. The summed E-state index contributed by atoms with van der Waals surface area (Å²) in [4.78, 5) is 11.8. The molecule has 0 aromatic heterocycles. The smallest absolute Gasteiger partial charge is 0.246 e. The third-order valence-electron chi connectivity index (χ3n) is 4.62. The third-order valence-corrected chi connectivity index (χ3v) is 6.52. The van der Waals surface area contributed by atoms with Gasteiger partial charge in [0.25, 0.3) is 0 Å². The molecule has 1 fully saturated rings. The highest BCUT2D eigenvalue weighted by molar-refractivity contribution is 7.89. The van der Waals surface area contributed by atoms with Crippen LogP contribution < -0.4 is 11.1 Å². The zero-order valence-corrected chi connectivity index (χ0v) is 16.5. The van der Waals surface area contributed by atoms with Gasteiger partial charge in [-0.1, -0.05) is 26.0 Å². The molecule has 0 bridgehead atoms. The normalized spacial score (nSPS) is 23.0.